The molecule has 3 atom stereocenters. The molecule has 164 valence electrons. The van der Waals surface area contributed by atoms with Gasteiger partial charge in [-0.1, -0.05) is 24.3 Å². The number of aliphatic hydroxyl groups is 1. The van der Waals surface area contributed by atoms with Gasteiger partial charge in [0.25, 0.3) is 0 Å². The van der Waals surface area contributed by atoms with Gasteiger partial charge in [-0.05, 0) is 48.6 Å². The van der Waals surface area contributed by atoms with Crippen LogP contribution in [0.5, 0.6) is 5.75 Å². The molecule has 5 rings (SSSR count). The smallest absolute Gasteiger partial charge is 0.226 e. The average molecular weight is 423 g/mol. The summed E-state index contributed by atoms with van der Waals surface area (Å²) >= 11 is 0. The first-order chi connectivity index (χ1) is 15.2. The van der Waals surface area contributed by atoms with Crippen molar-refractivity contribution in [2.45, 2.75) is 31.3 Å². The number of anilines is 1. The van der Waals surface area contributed by atoms with Crippen LogP contribution in [0.2, 0.25) is 0 Å². The molecule has 31 heavy (non-hydrogen) atoms. The van der Waals surface area contributed by atoms with Gasteiger partial charge in [0.1, 0.15) is 5.75 Å². The van der Waals surface area contributed by atoms with E-state index in [9.17, 15) is 9.90 Å². The summed E-state index contributed by atoms with van der Waals surface area (Å²) in [5.74, 6) is 1.31. The largest absolute Gasteiger partial charge is 0.496 e. The number of aliphatic hydroxyl groups excluding tert-OH is 1. The van der Waals surface area contributed by atoms with Crippen LogP contribution < -0.4 is 10.1 Å². The molecule has 2 aromatic rings. The van der Waals surface area contributed by atoms with Crippen LogP contribution in [0.3, 0.4) is 0 Å². The van der Waals surface area contributed by atoms with E-state index in [4.69, 9.17) is 9.47 Å². The fourth-order valence-electron chi connectivity index (χ4n) is 5.54. The van der Waals surface area contributed by atoms with Crippen molar-refractivity contribution in [2.24, 2.45) is 11.8 Å². The second-order valence-electron chi connectivity index (χ2n) is 8.75. The number of benzene rings is 2. The van der Waals surface area contributed by atoms with Gasteiger partial charge in [-0.25, -0.2) is 0 Å². The van der Waals surface area contributed by atoms with Crippen molar-refractivity contribution in [3.8, 4) is 16.9 Å². The van der Waals surface area contributed by atoms with Gasteiger partial charge in [-0.2, -0.15) is 0 Å². The Morgan fingerprint density at radius 3 is 2.77 bits per heavy atom. The zero-order valence-corrected chi connectivity index (χ0v) is 17.9. The minimum atomic E-state index is -0.0397. The third kappa shape index (κ3) is 3.58. The second kappa shape index (κ2) is 8.52. The number of likely N-dealkylation sites (tertiary alicyclic amines) is 1. The number of rotatable bonds is 4. The number of para-hydroxylation sites is 1. The van der Waals surface area contributed by atoms with Crippen LogP contribution in [-0.4, -0.2) is 55.4 Å². The molecule has 0 spiro atoms. The van der Waals surface area contributed by atoms with E-state index >= 15 is 0 Å². The lowest BCUT2D eigenvalue weighted by molar-refractivity contribution is -0.140. The number of nitrogens with one attached hydrogen (secondary N) is 1. The standard InChI is InChI=1S/C25H30N2O4/c1-30-23-5-3-2-4-18(23)17-6-7-21-20(14-17)24-19(22(15-28)26-21)8-11-27(24)25(29)16-9-12-31-13-10-16/h2-7,14,16,19,22,24,26,28H,8-13,15H2,1H3/t19-,22-,24-/m1/s1. The molecule has 0 radical (unpaired) electrons. The number of carbonyl (C=O) groups is 1. The molecule has 2 aromatic carbocycles. The molecule has 2 saturated heterocycles. The molecule has 2 fully saturated rings. The van der Waals surface area contributed by atoms with Gasteiger partial charge in [0.2, 0.25) is 5.91 Å². The minimum absolute atomic E-state index is 0.0154. The van der Waals surface area contributed by atoms with E-state index in [1.165, 1.54) is 0 Å². The molecule has 6 heteroatoms. The van der Waals surface area contributed by atoms with Gasteiger partial charge in [-0.15, -0.1) is 0 Å². The number of methoxy groups -OCH3 is 1. The minimum Gasteiger partial charge on any atom is -0.496 e. The molecule has 0 unspecified atom stereocenters. The van der Waals surface area contributed by atoms with Crippen LogP contribution >= 0.6 is 0 Å². The second-order valence-corrected chi connectivity index (χ2v) is 8.75. The first kappa shape index (κ1) is 20.3. The zero-order valence-electron chi connectivity index (χ0n) is 17.9. The Kier molecular flexibility index (Phi) is 5.59. The van der Waals surface area contributed by atoms with Crippen LogP contribution in [0.25, 0.3) is 11.1 Å². The van der Waals surface area contributed by atoms with Crippen molar-refractivity contribution in [3.05, 3.63) is 48.0 Å². The van der Waals surface area contributed by atoms with Crippen molar-refractivity contribution in [3.63, 3.8) is 0 Å². The Bertz CT molecular complexity index is 956. The number of fused-ring (bicyclic) bond motifs is 3. The third-order valence-electron chi connectivity index (χ3n) is 7.14. The van der Waals surface area contributed by atoms with E-state index < -0.39 is 0 Å². The molecular formula is C25H30N2O4. The summed E-state index contributed by atoms with van der Waals surface area (Å²) in [5.41, 5.74) is 4.25. The quantitative estimate of drug-likeness (QED) is 0.790. The van der Waals surface area contributed by atoms with E-state index in [1.807, 2.05) is 18.2 Å². The highest BCUT2D eigenvalue weighted by Gasteiger charge is 2.46. The molecule has 3 aliphatic heterocycles. The highest BCUT2D eigenvalue weighted by Crippen LogP contribution is 2.48. The summed E-state index contributed by atoms with van der Waals surface area (Å²) < 4.78 is 11.0. The number of ether oxygens (including phenoxy) is 2. The van der Waals surface area contributed by atoms with Gasteiger partial charge in [0.05, 0.1) is 25.8 Å². The molecule has 3 heterocycles. The number of hydrogen-bond donors (Lipinski definition) is 2. The van der Waals surface area contributed by atoms with Crippen LogP contribution in [-0.2, 0) is 9.53 Å². The predicted octanol–water partition coefficient (Wildman–Crippen LogP) is 3.46. The van der Waals surface area contributed by atoms with Crippen LogP contribution in [0.15, 0.2) is 42.5 Å². The van der Waals surface area contributed by atoms with Gasteiger partial charge < -0.3 is 24.8 Å². The summed E-state index contributed by atoms with van der Waals surface area (Å²) in [4.78, 5) is 15.6. The molecule has 1 amide bonds. The van der Waals surface area contributed by atoms with Gasteiger partial charge in [0, 0.05) is 42.8 Å². The summed E-state index contributed by atoms with van der Waals surface area (Å²) in [5, 5.41) is 13.6. The molecule has 2 N–H and O–H groups in total. The molecule has 6 nitrogen and oxygen atoms in total. The Hall–Kier alpha value is -2.57. The first-order valence-electron chi connectivity index (χ1n) is 11.2. The third-order valence-corrected chi connectivity index (χ3v) is 7.14. The molecule has 0 saturated carbocycles. The van der Waals surface area contributed by atoms with Crippen molar-refractivity contribution in [1.29, 1.82) is 0 Å². The van der Waals surface area contributed by atoms with Crippen molar-refractivity contribution in [2.75, 3.05) is 38.8 Å². The maximum Gasteiger partial charge on any atom is 0.226 e. The van der Waals surface area contributed by atoms with Crippen molar-refractivity contribution < 1.29 is 19.4 Å². The van der Waals surface area contributed by atoms with E-state index in [1.54, 1.807) is 7.11 Å². The Morgan fingerprint density at radius 1 is 1.19 bits per heavy atom. The molecular weight excluding hydrogens is 392 g/mol. The SMILES string of the molecule is COc1ccccc1-c1ccc2c(c1)[C@H]1[C@H](CCN1C(=O)C1CCOCC1)[C@@H](CO)N2. The monoisotopic (exact) mass is 422 g/mol. The highest BCUT2D eigenvalue weighted by molar-refractivity contribution is 5.81. The molecule has 0 bridgehead atoms. The van der Waals surface area contributed by atoms with E-state index in [2.05, 4.69) is 34.5 Å². The highest BCUT2D eigenvalue weighted by atomic mass is 16.5. The lowest BCUT2D eigenvalue weighted by Crippen LogP contribution is -2.44. The Morgan fingerprint density at radius 2 is 2.00 bits per heavy atom. The van der Waals surface area contributed by atoms with E-state index in [0.29, 0.717) is 13.2 Å². The van der Waals surface area contributed by atoms with Crippen molar-refractivity contribution >= 4 is 11.6 Å². The van der Waals surface area contributed by atoms with Gasteiger partial charge in [-0.3, -0.25) is 4.79 Å². The normalized spacial score (nSPS) is 25.5. The number of carbonyl (C=O) groups excluding carboxylic acids is 1. The maximum absolute atomic E-state index is 13.5. The fourth-order valence-corrected chi connectivity index (χ4v) is 5.54. The summed E-state index contributed by atoms with van der Waals surface area (Å²) in [6.07, 6.45) is 2.49. The lowest BCUT2D eigenvalue weighted by atomic mass is 9.81. The summed E-state index contributed by atoms with van der Waals surface area (Å²) in [7, 11) is 1.69. The number of hydrogen-bond acceptors (Lipinski definition) is 5. The van der Waals surface area contributed by atoms with E-state index in [-0.39, 0.29) is 36.4 Å². The summed E-state index contributed by atoms with van der Waals surface area (Å²) in [6.45, 7) is 2.12. The fraction of sp³-hybridized carbons (Fsp3) is 0.480. The van der Waals surface area contributed by atoms with Crippen molar-refractivity contribution in [1.82, 2.24) is 4.90 Å². The molecule has 0 aliphatic carbocycles. The van der Waals surface area contributed by atoms with E-state index in [0.717, 1.165) is 53.9 Å². The Labute approximate surface area is 183 Å². The molecule has 0 aromatic heterocycles. The van der Waals surface area contributed by atoms with Crippen LogP contribution in [0, 0.1) is 11.8 Å². The van der Waals surface area contributed by atoms with Gasteiger partial charge in [0.15, 0.2) is 0 Å². The predicted molar refractivity (Wildman–Crippen MR) is 119 cm³/mol. The molecule has 3 aliphatic rings. The average Bonchev–Trinajstić information content (AvgIpc) is 3.29. The number of amides is 1. The first-order valence-corrected chi connectivity index (χ1v) is 11.2. The Balaban J connectivity index is 1.54. The van der Waals surface area contributed by atoms with Crippen LogP contribution in [0.1, 0.15) is 30.9 Å². The summed E-state index contributed by atoms with van der Waals surface area (Å²) in [6, 6.07) is 14.3. The van der Waals surface area contributed by atoms with Crippen LogP contribution in [0.4, 0.5) is 5.69 Å². The number of nitrogens with zero attached hydrogens (tertiary/aromatic N) is 1. The maximum atomic E-state index is 13.5. The lowest BCUT2D eigenvalue weighted by Gasteiger charge is -2.40. The van der Waals surface area contributed by atoms with Gasteiger partial charge >= 0.3 is 0 Å². The topological polar surface area (TPSA) is 71.0 Å². The zero-order chi connectivity index (χ0) is 21.4.